The van der Waals surface area contributed by atoms with Crippen LogP contribution in [0.2, 0.25) is 0 Å². The van der Waals surface area contributed by atoms with E-state index in [0.29, 0.717) is 13.1 Å². The Morgan fingerprint density at radius 3 is 2.86 bits per heavy atom. The predicted octanol–water partition coefficient (Wildman–Crippen LogP) is 0.0622. The number of carbonyl (C=O) groups is 2. The van der Waals surface area contributed by atoms with Gasteiger partial charge in [0.05, 0.1) is 18.7 Å². The maximum atomic E-state index is 12.9. The lowest BCUT2D eigenvalue weighted by Crippen LogP contribution is -3.19. The summed E-state index contributed by atoms with van der Waals surface area (Å²) >= 11 is 0. The molecule has 1 saturated heterocycles. The van der Waals surface area contributed by atoms with Crippen molar-refractivity contribution in [2.75, 3.05) is 19.6 Å². The van der Waals surface area contributed by atoms with E-state index < -0.39 is 0 Å². The third kappa shape index (κ3) is 2.45. The van der Waals surface area contributed by atoms with Crippen LogP contribution in [0.4, 0.5) is 0 Å². The van der Waals surface area contributed by atoms with Crippen molar-refractivity contribution in [3.63, 3.8) is 0 Å². The van der Waals surface area contributed by atoms with Gasteiger partial charge in [0, 0.05) is 16.6 Å². The van der Waals surface area contributed by atoms with E-state index in [9.17, 15) is 9.59 Å². The molecule has 110 valence electrons. The molecule has 1 aliphatic rings. The predicted molar refractivity (Wildman–Crippen MR) is 80.5 cm³/mol. The largest absolute Gasteiger partial charge is 0.358 e. The summed E-state index contributed by atoms with van der Waals surface area (Å²) in [5.41, 5.74) is 2.64. The van der Waals surface area contributed by atoms with Crippen LogP contribution < -0.4 is 10.2 Å². The molecule has 3 N–H and O–H groups in total. The average molecular weight is 286 g/mol. The standard InChI is InChI=1S/C16H19N3O2/c1-10-15(12-5-3-4-6-13(12)18-10)16(21)11(2)19-8-7-17-14(20)9-19/h3-6,11,18H,7-9H2,1-2H3,(H,17,20)/p+1/t11-/m1/s1. The van der Waals surface area contributed by atoms with Gasteiger partial charge in [0.15, 0.2) is 6.54 Å². The number of nitrogens with one attached hydrogen (secondary N) is 3. The highest BCUT2D eigenvalue weighted by atomic mass is 16.2. The molecule has 1 amide bonds. The number of benzene rings is 1. The van der Waals surface area contributed by atoms with Crippen molar-refractivity contribution in [2.24, 2.45) is 0 Å². The third-order valence-corrected chi connectivity index (χ3v) is 4.30. The smallest absolute Gasteiger partial charge is 0.275 e. The first-order valence-corrected chi connectivity index (χ1v) is 7.30. The lowest BCUT2D eigenvalue weighted by Gasteiger charge is -2.28. The van der Waals surface area contributed by atoms with Gasteiger partial charge in [-0.3, -0.25) is 9.59 Å². The number of H-pyrrole nitrogens is 1. The highest BCUT2D eigenvalue weighted by Gasteiger charge is 2.32. The lowest BCUT2D eigenvalue weighted by molar-refractivity contribution is -0.907. The Kier molecular flexibility index (Phi) is 3.51. The second kappa shape index (κ2) is 5.33. The number of rotatable bonds is 3. The third-order valence-electron chi connectivity index (χ3n) is 4.30. The number of hydrogen-bond acceptors (Lipinski definition) is 2. The van der Waals surface area contributed by atoms with Crippen LogP contribution in [0.15, 0.2) is 24.3 Å². The van der Waals surface area contributed by atoms with Gasteiger partial charge in [0.1, 0.15) is 6.04 Å². The number of hydrogen-bond donors (Lipinski definition) is 3. The summed E-state index contributed by atoms with van der Waals surface area (Å²) in [6.45, 7) is 5.64. The Bertz CT molecular complexity index is 705. The number of carbonyl (C=O) groups excluding carboxylic acids is 2. The molecule has 0 saturated carbocycles. The van der Waals surface area contributed by atoms with Crippen LogP contribution in [0.25, 0.3) is 10.9 Å². The van der Waals surface area contributed by atoms with Gasteiger partial charge in [0.2, 0.25) is 5.78 Å². The molecule has 1 aliphatic heterocycles. The van der Waals surface area contributed by atoms with E-state index in [1.807, 2.05) is 38.1 Å². The summed E-state index contributed by atoms with van der Waals surface area (Å²) in [6, 6.07) is 7.63. The van der Waals surface area contributed by atoms with Crippen molar-refractivity contribution in [1.82, 2.24) is 10.3 Å². The van der Waals surface area contributed by atoms with Crippen molar-refractivity contribution < 1.29 is 14.5 Å². The van der Waals surface area contributed by atoms with E-state index in [4.69, 9.17) is 0 Å². The molecule has 3 rings (SSSR count). The number of aryl methyl sites for hydroxylation is 1. The van der Waals surface area contributed by atoms with Gasteiger partial charge in [-0.05, 0) is 19.9 Å². The molecule has 0 bridgehead atoms. The van der Waals surface area contributed by atoms with E-state index in [1.165, 1.54) is 0 Å². The SMILES string of the molecule is Cc1[nH]c2ccccc2c1C(=O)[C@@H](C)[NH+]1CCNC(=O)C1. The highest BCUT2D eigenvalue weighted by Crippen LogP contribution is 2.22. The van der Waals surface area contributed by atoms with Crippen molar-refractivity contribution >= 4 is 22.6 Å². The molecule has 0 spiro atoms. The van der Waals surface area contributed by atoms with Gasteiger partial charge >= 0.3 is 0 Å². The minimum atomic E-state index is -0.214. The fourth-order valence-corrected chi connectivity index (χ4v) is 3.09. The zero-order chi connectivity index (χ0) is 15.0. The number of ketones is 1. The summed E-state index contributed by atoms with van der Waals surface area (Å²) in [7, 11) is 0. The normalized spacial score (nSPS) is 20.3. The van der Waals surface area contributed by atoms with Crippen LogP contribution in [-0.4, -0.2) is 42.4 Å². The molecule has 1 unspecified atom stereocenters. The van der Waals surface area contributed by atoms with E-state index in [1.54, 1.807) is 0 Å². The molecule has 2 atom stereocenters. The molecule has 2 heterocycles. The number of fused-ring (bicyclic) bond motifs is 1. The number of piperazine rings is 1. The average Bonchev–Trinajstić information content (AvgIpc) is 2.81. The summed E-state index contributed by atoms with van der Waals surface area (Å²) in [4.78, 5) is 28.7. The maximum absolute atomic E-state index is 12.9. The van der Waals surface area contributed by atoms with E-state index in [-0.39, 0.29) is 17.7 Å². The summed E-state index contributed by atoms with van der Waals surface area (Å²) in [5, 5.41) is 3.77. The Morgan fingerprint density at radius 2 is 2.10 bits per heavy atom. The lowest BCUT2D eigenvalue weighted by atomic mass is 10.0. The van der Waals surface area contributed by atoms with Crippen molar-refractivity contribution in [3.05, 3.63) is 35.5 Å². The Labute approximate surface area is 123 Å². The van der Waals surface area contributed by atoms with Crippen LogP contribution in [-0.2, 0) is 4.79 Å². The minimum Gasteiger partial charge on any atom is -0.358 e. The quantitative estimate of drug-likeness (QED) is 0.699. The van der Waals surface area contributed by atoms with Gasteiger partial charge in [-0.25, -0.2) is 0 Å². The Hall–Kier alpha value is -2.14. The first kappa shape index (κ1) is 13.8. The second-order valence-electron chi connectivity index (χ2n) is 5.69. The second-order valence-corrected chi connectivity index (χ2v) is 5.69. The van der Waals surface area contributed by atoms with Crippen molar-refractivity contribution in [2.45, 2.75) is 19.9 Å². The first-order chi connectivity index (χ1) is 10.1. The fraction of sp³-hybridized carbons (Fsp3) is 0.375. The molecule has 5 heteroatoms. The van der Waals surface area contributed by atoms with Crippen LogP contribution in [0.3, 0.4) is 0 Å². The molecule has 1 aromatic heterocycles. The van der Waals surface area contributed by atoms with Crippen LogP contribution >= 0.6 is 0 Å². The molecular weight excluding hydrogens is 266 g/mol. The topological polar surface area (TPSA) is 66.4 Å². The minimum absolute atomic E-state index is 0.0200. The van der Waals surface area contributed by atoms with E-state index in [2.05, 4.69) is 10.3 Å². The van der Waals surface area contributed by atoms with Gasteiger partial charge in [-0.15, -0.1) is 0 Å². The summed E-state index contributed by atoms with van der Waals surface area (Å²) < 4.78 is 0. The molecule has 5 nitrogen and oxygen atoms in total. The molecule has 1 fully saturated rings. The molecule has 0 aliphatic carbocycles. The van der Waals surface area contributed by atoms with Gasteiger partial charge in [-0.1, -0.05) is 18.2 Å². The maximum Gasteiger partial charge on any atom is 0.275 e. The number of aromatic amines is 1. The Morgan fingerprint density at radius 1 is 1.33 bits per heavy atom. The number of amides is 1. The molecule has 0 radical (unpaired) electrons. The molecule has 2 aromatic rings. The first-order valence-electron chi connectivity index (χ1n) is 7.30. The van der Waals surface area contributed by atoms with Crippen LogP contribution in [0, 0.1) is 6.92 Å². The monoisotopic (exact) mass is 286 g/mol. The van der Waals surface area contributed by atoms with Gasteiger partial charge in [-0.2, -0.15) is 0 Å². The van der Waals surface area contributed by atoms with Gasteiger partial charge < -0.3 is 15.2 Å². The molecular formula is C16H20N3O2+. The number of aromatic nitrogens is 1. The van der Waals surface area contributed by atoms with E-state index >= 15 is 0 Å². The van der Waals surface area contributed by atoms with Gasteiger partial charge in [0.25, 0.3) is 5.91 Å². The van der Waals surface area contributed by atoms with Crippen LogP contribution in [0.5, 0.6) is 0 Å². The van der Waals surface area contributed by atoms with E-state index in [0.717, 1.165) is 33.6 Å². The number of para-hydroxylation sites is 1. The molecule has 1 aromatic carbocycles. The zero-order valence-corrected chi connectivity index (χ0v) is 12.3. The zero-order valence-electron chi connectivity index (χ0n) is 12.3. The number of quaternary nitrogens is 1. The van der Waals surface area contributed by atoms with Crippen molar-refractivity contribution in [3.8, 4) is 0 Å². The highest BCUT2D eigenvalue weighted by molar-refractivity contribution is 6.10. The van der Waals surface area contributed by atoms with Crippen LogP contribution in [0.1, 0.15) is 23.0 Å². The fourth-order valence-electron chi connectivity index (χ4n) is 3.09. The Balaban J connectivity index is 1.93. The molecule has 21 heavy (non-hydrogen) atoms. The summed E-state index contributed by atoms with van der Waals surface area (Å²) in [6.07, 6.45) is 0. The summed E-state index contributed by atoms with van der Waals surface area (Å²) in [5.74, 6) is 0.126. The number of Topliss-reactive ketones (excluding diaryl/α,β-unsaturated/α-hetero) is 1. The van der Waals surface area contributed by atoms with Crippen molar-refractivity contribution in [1.29, 1.82) is 0 Å².